The molecule has 0 radical (unpaired) electrons. The van der Waals surface area contributed by atoms with Gasteiger partial charge in [-0.1, -0.05) is 79.4 Å². The third-order valence-corrected chi connectivity index (χ3v) is 5.34. The SMILES string of the molecule is C=C(N=C(C)n1c2c(c3ccccc31)-c1ccccc1C2)c1ccccc1. The average Bonchev–Trinajstić information content (AvgIpc) is 3.23. The standard InChI is InChI=1S/C25H20N2/c1-17(19-10-4-3-5-11-19)26-18(2)27-23-15-9-8-14-22(23)25-21-13-7-6-12-20(21)16-24(25)27/h3-15H,1,16H2,2H3. The number of para-hydroxylation sites is 1. The molecule has 0 saturated carbocycles. The van der Waals surface area contributed by atoms with Crippen LogP contribution in [0.3, 0.4) is 0 Å². The Balaban J connectivity index is 1.70. The second-order valence-corrected chi connectivity index (χ2v) is 6.98. The molecule has 0 saturated heterocycles. The molecule has 1 aliphatic rings. The summed E-state index contributed by atoms with van der Waals surface area (Å²) in [6.07, 6.45) is 0.935. The monoisotopic (exact) mass is 348 g/mol. The minimum absolute atomic E-state index is 0.787. The molecule has 2 heteroatoms. The Morgan fingerprint density at radius 3 is 2.44 bits per heavy atom. The number of aromatic nitrogens is 1. The summed E-state index contributed by atoms with van der Waals surface area (Å²) in [6.45, 7) is 6.26. The number of hydrogen-bond donors (Lipinski definition) is 0. The molecule has 2 nitrogen and oxygen atoms in total. The second-order valence-electron chi connectivity index (χ2n) is 6.98. The van der Waals surface area contributed by atoms with Crippen molar-refractivity contribution in [3.8, 4) is 11.1 Å². The van der Waals surface area contributed by atoms with E-state index in [9.17, 15) is 0 Å². The molecule has 5 rings (SSSR count). The fraction of sp³-hybridized carbons (Fsp3) is 0.0800. The average molecular weight is 348 g/mol. The largest absolute Gasteiger partial charge is 0.301 e. The summed E-state index contributed by atoms with van der Waals surface area (Å²) in [5, 5.41) is 1.29. The van der Waals surface area contributed by atoms with Crippen LogP contribution in [0.1, 0.15) is 23.7 Å². The zero-order valence-corrected chi connectivity index (χ0v) is 15.3. The number of hydrogen-bond acceptors (Lipinski definition) is 1. The first-order valence-electron chi connectivity index (χ1n) is 9.24. The lowest BCUT2D eigenvalue weighted by atomic mass is 10.0. The summed E-state index contributed by atoms with van der Waals surface area (Å²) >= 11 is 0. The number of rotatable bonds is 2. The summed E-state index contributed by atoms with van der Waals surface area (Å²) in [4.78, 5) is 4.87. The van der Waals surface area contributed by atoms with Crippen molar-refractivity contribution in [1.82, 2.24) is 4.57 Å². The van der Waals surface area contributed by atoms with Gasteiger partial charge in [-0.25, -0.2) is 4.99 Å². The molecule has 27 heavy (non-hydrogen) atoms. The van der Waals surface area contributed by atoms with Crippen LogP contribution < -0.4 is 0 Å². The maximum absolute atomic E-state index is 4.87. The minimum atomic E-state index is 0.787. The normalized spacial score (nSPS) is 12.9. The van der Waals surface area contributed by atoms with Crippen LogP contribution in [0.25, 0.3) is 27.7 Å². The molecule has 1 aromatic heterocycles. The van der Waals surface area contributed by atoms with E-state index in [1.54, 1.807) is 0 Å². The van der Waals surface area contributed by atoms with Crippen LogP contribution >= 0.6 is 0 Å². The quantitative estimate of drug-likeness (QED) is 0.269. The van der Waals surface area contributed by atoms with Crippen molar-refractivity contribution in [3.05, 3.63) is 102 Å². The third-order valence-electron chi connectivity index (χ3n) is 5.34. The third kappa shape index (κ3) is 2.45. The zero-order valence-electron chi connectivity index (χ0n) is 15.3. The van der Waals surface area contributed by atoms with Crippen LogP contribution in [0.2, 0.25) is 0 Å². The predicted molar refractivity (Wildman–Crippen MR) is 114 cm³/mol. The van der Waals surface area contributed by atoms with Crippen LogP contribution in [0.15, 0.2) is 90.4 Å². The molecule has 1 heterocycles. The molecule has 0 N–H and O–H groups in total. The fourth-order valence-electron chi connectivity index (χ4n) is 4.17. The topological polar surface area (TPSA) is 17.3 Å². The molecule has 130 valence electrons. The highest BCUT2D eigenvalue weighted by Gasteiger charge is 2.26. The summed E-state index contributed by atoms with van der Waals surface area (Å²) < 4.78 is 2.30. The molecule has 4 aromatic rings. The summed E-state index contributed by atoms with van der Waals surface area (Å²) in [5.41, 5.74) is 8.44. The van der Waals surface area contributed by atoms with Crippen molar-refractivity contribution in [2.24, 2.45) is 4.99 Å². The van der Waals surface area contributed by atoms with Crippen molar-refractivity contribution in [2.75, 3.05) is 0 Å². The zero-order chi connectivity index (χ0) is 18.4. The van der Waals surface area contributed by atoms with Gasteiger partial charge >= 0.3 is 0 Å². The number of fused-ring (bicyclic) bond motifs is 5. The molecule has 0 amide bonds. The number of benzene rings is 3. The van der Waals surface area contributed by atoms with E-state index >= 15 is 0 Å². The Bertz CT molecular complexity index is 1210. The molecular weight excluding hydrogens is 328 g/mol. The summed E-state index contributed by atoms with van der Waals surface area (Å²) in [5.74, 6) is 0.953. The van der Waals surface area contributed by atoms with E-state index in [0.717, 1.165) is 23.5 Å². The molecule has 0 fully saturated rings. The van der Waals surface area contributed by atoms with Crippen LogP contribution in [0.5, 0.6) is 0 Å². The molecule has 0 unspecified atom stereocenters. The maximum atomic E-state index is 4.87. The Hall–Kier alpha value is -3.39. The Labute approximate surface area is 159 Å². The van der Waals surface area contributed by atoms with Gasteiger partial charge in [0.15, 0.2) is 0 Å². The summed E-state index contributed by atoms with van der Waals surface area (Å²) in [6, 6.07) is 27.5. The van der Waals surface area contributed by atoms with Gasteiger partial charge in [0.2, 0.25) is 0 Å². The van der Waals surface area contributed by atoms with Crippen molar-refractivity contribution in [2.45, 2.75) is 13.3 Å². The molecule has 0 aliphatic heterocycles. The van der Waals surface area contributed by atoms with Gasteiger partial charge in [0.25, 0.3) is 0 Å². The molecule has 3 aromatic carbocycles. The van der Waals surface area contributed by atoms with E-state index in [0.29, 0.717) is 0 Å². The predicted octanol–water partition coefficient (Wildman–Crippen LogP) is 6.15. The van der Waals surface area contributed by atoms with Crippen molar-refractivity contribution >= 4 is 22.4 Å². The summed E-state index contributed by atoms with van der Waals surface area (Å²) in [7, 11) is 0. The van der Waals surface area contributed by atoms with Gasteiger partial charge in [0, 0.05) is 23.1 Å². The molecule has 0 atom stereocenters. The second kappa shape index (κ2) is 6.10. The van der Waals surface area contributed by atoms with E-state index < -0.39 is 0 Å². The van der Waals surface area contributed by atoms with Gasteiger partial charge < -0.3 is 4.57 Å². The Kier molecular flexibility index (Phi) is 3.58. The van der Waals surface area contributed by atoms with Gasteiger partial charge in [0.1, 0.15) is 5.84 Å². The molecule has 0 bridgehead atoms. The highest BCUT2D eigenvalue weighted by atomic mass is 15.1. The fourth-order valence-corrected chi connectivity index (χ4v) is 4.17. The van der Waals surface area contributed by atoms with Crippen LogP contribution in [0.4, 0.5) is 0 Å². The van der Waals surface area contributed by atoms with E-state index in [2.05, 4.69) is 66.6 Å². The first kappa shape index (κ1) is 15.8. The van der Waals surface area contributed by atoms with Gasteiger partial charge in [-0.05, 0) is 29.7 Å². The number of aliphatic imine (C=N–C) groups is 1. The van der Waals surface area contributed by atoms with Crippen LogP contribution in [0, 0.1) is 0 Å². The van der Waals surface area contributed by atoms with Crippen LogP contribution in [-0.4, -0.2) is 10.4 Å². The number of nitrogens with zero attached hydrogens (tertiary/aromatic N) is 2. The highest BCUT2D eigenvalue weighted by Crippen LogP contribution is 2.43. The van der Waals surface area contributed by atoms with Gasteiger partial charge in [0.05, 0.1) is 11.2 Å². The highest BCUT2D eigenvalue weighted by molar-refractivity contribution is 6.07. The van der Waals surface area contributed by atoms with Gasteiger partial charge in [-0.2, -0.15) is 0 Å². The maximum Gasteiger partial charge on any atom is 0.110 e. The van der Waals surface area contributed by atoms with E-state index in [1.807, 2.05) is 30.3 Å². The Morgan fingerprint density at radius 1 is 0.889 bits per heavy atom. The van der Waals surface area contributed by atoms with Crippen molar-refractivity contribution in [3.63, 3.8) is 0 Å². The van der Waals surface area contributed by atoms with Crippen molar-refractivity contribution < 1.29 is 0 Å². The van der Waals surface area contributed by atoms with E-state index in [-0.39, 0.29) is 0 Å². The first-order valence-corrected chi connectivity index (χ1v) is 9.24. The first-order chi connectivity index (χ1) is 13.2. The van der Waals surface area contributed by atoms with Crippen molar-refractivity contribution in [1.29, 1.82) is 0 Å². The van der Waals surface area contributed by atoms with Gasteiger partial charge in [-0.3, -0.25) is 0 Å². The van der Waals surface area contributed by atoms with E-state index in [4.69, 9.17) is 4.99 Å². The van der Waals surface area contributed by atoms with Crippen LogP contribution in [-0.2, 0) is 6.42 Å². The Morgan fingerprint density at radius 2 is 1.59 bits per heavy atom. The minimum Gasteiger partial charge on any atom is -0.301 e. The van der Waals surface area contributed by atoms with Gasteiger partial charge in [-0.15, -0.1) is 0 Å². The van der Waals surface area contributed by atoms with E-state index in [1.165, 1.54) is 33.3 Å². The lowest BCUT2D eigenvalue weighted by Gasteiger charge is -2.10. The molecular formula is C25H20N2. The lowest BCUT2D eigenvalue weighted by Crippen LogP contribution is -2.11. The lowest BCUT2D eigenvalue weighted by molar-refractivity contribution is 1.05. The smallest absolute Gasteiger partial charge is 0.110 e. The molecule has 1 aliphatic carbocycles. The molecule has 0 spiro atoms.